The van der Waals surface area contributed by atoms with Crippen molar-refractivity contribution in [3.63, 3.8) is 0 Å². The van der Waals surface area contributed by atoms with E-state index in [0.29, 0.717) is 6.61 Å². The number of rotatable bonds is 6. The predicted octanol–water partition coefficient (Wildman–Crippen LogP) is 1.79. The first kappa shape index (κ1) is 12.5. The number of nitrogens with one attached hydrogen (secondary N) is 1. The first-order chi connectivity index (χ1) is 6.74. The normalized spacial score (nSPS) is 11.4. The molecule has 0 radical (unpaired) electrons. The van der Waals surface area contributed by atoms with E-state index in [1.807, 2.05) is 6.08 Å². The van der Waals surface area contributed by atoms with Crippen LogP contribution in [0.4, 0.5) is 0 Å². The van der Waals surface area contributed by atoms with E-state index >= 15 is 0 Å². The summed E-state index contributed by atoms with van der Waals surface area (Å²) in [6.45, 7) is 5.78. The lowest BCUT2D eigenvalue weighted by molar-refractivity contribution is -0.142. The van der Waals surface area contributed by atoms with E-state index in [-0.39, 0.29) is 12.4 Å². The molecule has 0 heterocycles. The number of hydrogen-bond acceptors (Lipinski definition) is 3. The highest BCUT2D eigenvalue weighted by molar-refractivity contribution is 5.73. The Hall–Kier alpha value is -1.51. The second kappa shape index (κ2) is 8.10. The number of esters is 1. The van der Waals surface area contributed by atoms with Gasteiger partial charge >= 0.3 is 5.97 Å². The Kier molecular flexibility index (Phi) is 7.23. The van der Waals surface area contributed by atoms with Crippen LogP contribution in [-0.2, 0) is 9.53 Å². The van der Waals surface area contributed by atoms with Crippen LogP contribution in [0.2, 0.25) is 0 Å². The minimum absolute atomic E-state index is 0.221. The molecule has 0 atom stereocenters. The molecule has 0 aliphatic rings. The van der Waals surface area contributed by atoms with Crippen molar-refractivity contribution in [2.45, 2.75) is 13.3 Å². The van der Waals surface area contributed by atoms with Crippen LogP contribution in [0, 0.1) is 0 Å². The lowest BCUT2D eigenvalue weighted by Gasteiger charge is -2.01. The summed E-state index contributed by atoms with van der Waals surface area (Å²) in [4.78, 5) is 11.1. The SMILES string of the molecule is C=C/C=C(\C=C/NC)CC(=O)OCC. The fraction of sp³-hybridized carbons (Fsp3) is 0.364. The molecular weight excluding hydrogens is 178 g/mol. The zero-order valence-electron chi connectivity index (χ0n) is 8.75. The van der Waals surface area contributed by atoms with Crippen molar-refractivity contribution in [1.29, 1.82) is 0 Å². The molecule has 78 valence electrons. The summed E-state index contributed by atoms with van der Waals surface area (Å²) in [5, 5.41) is 2.85. The zero-order valence-corrected chi connectivity index (χ0v) is 8.75. The average Bonchev–Trinajstić information content (AvgIpc) is 2.15. The minimum atomic E-state index is -0.221. The molecule has 0 aromatic carbocycles. The Morgan fingerprint density at radius 2 is 2.29 bits per heavy atom. The molecule has 14 heavy (non-hydrogen) atoms. The van der Waals surface area contributed by atoms with Crippen molar-refractivity contribution in [1.82, 2.24) is 5.32 Å². The molecule has 0 rings (SSSR count). The van der Waals surface area contributed by atoms with Gasteiger partial charge in [-0.15, -0.1) is 0 Å². The molecular formula is C11H17NO2. The molecule has 0 bridgehead atoms. The van der Waals surface area contributed by atoms with Gasteiger partial charge in [0.25, 0.3) is 0 Å². The number of carbonyl (C=O) groups excluding carboxylic acids is 1. The van der Waals surface area contributed by atoms with Crippen molar-refractivity contribution >= 4 is 5.97 Å². The van der Waals surface area contributed by atoms with Gasteiger partial charge in [-0.3, -0.25) is 4.79 Å². The van der Waals surface area contributed by atoms with Gasteiger partial charge in [0, 0.05) is 7.05 Å². The highest BCUT2D eigenvalue weighted by Gasteiger charge is 2.02. The van der Waals surface area contributed by atoms with Crippen molar-refractivity contribution in [3.8, 4) is 0 Å². The average molecular weight is 195 g/mol. The largest absolute Gasteiger partial charge is 0.466 e. The molecule has 3 heteroatoms. The maximum absolute atomic E-state index is 11.1. The summed E-state index contributed by atoms with van der Waals surface area (Å²) in [6.07, 6.45) is 7.28. The highest BCUT2D eigenvalue weighted by atomic mass is 16.5. The van der Waals surface area contributed by atoms with Crippen LogP contribution in [0.3, 0.4) is 0 Å². The molecule has 0 spiro atoms. The molecule has 0 aromatic rings. The van der Waals surface area contributed by atoms with Crippen LogP contribution in [0.15, 0.2) is 36.6 Å². The third-order valence-corrected chi connectivity index (χ3v) is 1.45. The van der Waals surface area contributed by atoms with E-state index in [1.54, 1.807) is 32.3 Å². The molecule has 0 fully saturated rings. The zero-order chi connectivity index (χ0) is 10.8. The monoisotopic (exact) mass is 195 g/mol. The number of carbonyl (C=O) groups is 1. The second-order valence-electron chi connectivity index (χ2n) is 2.58. The summed E-state index contributed by atoms with van der Waals surface area (Å²) in [6, 6.07) is 0. The standard InChI is InChI=1S/C11H17NO2/c1-4-6-10(7-8-12-3)9-11(13)14-5-2/h4,6-8,12H,1,5,9H2,2-3H3/b8-7-,10-6+. The lowest BCUT2D eigenvalue weighted by Crippen LogP contribution is -2.04. The van der Waals surface area contributed by atoms with Crippen molar-refractivity contribution in [3.05, 3.63) is 36.6 Å². The molecule has 0 unspecified atom stereocenters. The maximum atomic E-state index is 11.1. The molecule has 0 aliphatic heterocycles. The quantitative estimate of drug-likeness (QED) is 0.518. The number of allylic oxidation sites excluding steroid dienone is 3. The second-order valence-corrected chi connectivity index (χ2v) is 2.58. The van der Waals surface area contributed by atoms with E-state index in [9.17, 15) is 4.79 Å². The van der Waals surface area contributed by atoms with Gasteiger partial charge in [0.2, 0.25) is 0 Å². The summed E-state index contributed by atoms with van der Waals surface area (Å²) < 4.78 is 4.83. The summed E-state index contributed by atoms with van der Waals surface area (Å²) in [5.74, 6) is -0.221. The topological polar surface area (TPSA) is 38.3 Å². The Balaban J connectivity index is 4.23. The van der Waals surface area contributed by atoms with E-state index in [1.165, 1.54) is 0 Å². The molecule has 1 N–H and O–H groups in total. The van der Waals surface area contributed by atoms with Gasteiger partial charge in [-0.05, 0) is 24.8 Å². The summed E-state index contributed by atoms with van der Waals surface area (Å²) in [5.41, 5.74) is 0.868. The molecule has 0 saturated carbocycles. The summed E-state index contributed by atoms with van der Waals surface area (Å²) >= 11 is 0. The minimum Gasteiger partial charge on any atom is -0.466 e. The summed E-state index contributed by atoms with van der Waals surface area (Å²) in [7, 11) is 1.80. The Morgan fingerprint density at radius 1 is 1.57 bits per heavy atom. The van der Waals surface area contributed by atoms with E-state index in [4.69, 9.17) is 4.74 Å². The lowest BCUT2D eigenvalue weighted by atomic mass is 10.1. The molecule has 0 saturated heterocycles. The van der Waals surface area contributed by atoms with Gasteiger partial charge in [-0.2, -0.15) is 0 Å². The Bertz CT molecular complexity index is 242. The van der Waals surface area contributed by atoms with Gasteiger partial charge in [0.05, 0.1) is 13.0 Å². The Labute approximate surface area is 85.1 Å². The van der Waals surface area contributed by atoms with Gasteiger partial charge in [-0.25, -0.2) is 0 Å². The van der Waals surface area contributed by atoms with Crippen LogP contribution in [-0.4, -0.2) is 19.6 Å². The first-order valence-corrected chi connectivity index (χ1v) is 4.55. The van der Waals surface area contributed by atoms with Gasteiger partial charge < -0.3 is 10.1 Å². The van der Waals surface area contributed by atoms with E-state index in [0.717, 1.165) is 5.57 Å². The van der Waals surface area contributed by atoms with Crippen LogP contribution < -0.4 is 5.32 Å². The van der Waals surface area contributed by atoms with Gasteiger partial charge in [-0.1, -0.05) is 18.7 Å². The van der Waals surface area contributed by atoms with Crippen LogP contribution in [0.1, 0.15) is 13.3 Å². The van der Waals surface area contributed by atoms with Crippen molar-refractivity contribution < 1.29 is 9.53 Å². The highest BCUT2D eigenvalue weighted by Crippen LogP contribution is 2.04. The predicted molar refractivity (Wildman–Crippen MR) is 57.7 cm³/mol. The van der Waals surface area contributed by atoms with Gasteiger partial charge in [0.15, 0.2) is 0 Å². The molecule has 0 aromatic heterocycles. The van der Waals surface area contributed by atoms with Crippen molar-refractivity contribution in [2.75, 3.05) is 13.7 Å². The molecule has 0 aliphatic carbocycles. The van der Waals surface area contributed by atoms with Crippen LogP contribution in [0.25, 0.3) is 0 Å². The van der Waals surface area contributed by atoms with Crippen molar-refractivity contribution in [2.24, 2.45) is 0 Å². The molecule has 3 nitrogen and oxygen atoms in total. The third kappa shape index (κ3) is 6.06. The maximum Gasteiger partial charge on any atom is 0.310 e. The molecule has 0 amide bonds. The van der Waals surface area contributed by atoms with E-state index in [2.05, 4.69) is 11.9 Å². The number of hydrogen-bond donors (Lipinski definition) is 1. The Morgan fingerprint density at radius 3 is 2.79 bits per heavy atom. The smallest absolute Gasteiger partial charge is 0.310 e. The van der Waals surface area contributed by atoms with Gasteiger partial charge in [0.1, 0.15) is 0 Å². The van der Waals surface area contributed by atoms with Crippen LogP contribution >= 0.6 is 0 Å². The fourth-order valence-corrected chi connectivity index (χ4v) is 0.894. The third-order valence-electron chi connectivity index (χ3n) is 1.45. The van der Waals surface area contributed by atoms with Crippen LogP contribution in [0.5, 0.6) is 0 Å². The number of ether oxygens (including phenoxy) is 1. The van der Waals surface area contributed by atoms with E-state index < -0.39 is 0 Å². The fourth-order valence-electron chi connectivity index (χ4n) is 0.894. The first-order valence-electron chi connectivity index (χ1n) is 4.55.